The summed E-state index contributed by atoms with van der Waals surface area (Å²) in [6, 6.07) is 6.52. The number of hydrogen-bond acceptors (Lipinski definition) is 3. The molecule has 0 heterocycles. The van der Waals surface area contributed by atoms with Crippen molar-refractivity contribution in [3.8, 4) is 0 Å². The summed E-state index contributed by atoms with van der Waals surface area (Å²) in [4.78, 5) is 10.3. The third-order valence-corrected chi connectivity index (χ3v) is 2.69. The molecular formula is C11H14ClNO3. The van der Waals surface area contributed by atoms with E-state index >= 15 is 0 Å². The lowest BCUT2D eigenvalue weighted by molar-refractivity contribution is -0.520. The van der Waals surface area contributed by atoms with E-state index in [4.69, 9.17) is 16.3 Å². The quantitative estimate of drug-likeness (QED) is 0.590. The van der Waals surface area contributed by atoms with E-state index in [9.17, 15) is 10.1 Å². The van der Waals surface area contributed by atoms with Crippen LogP contribution < -0.4 is 0 Å². The largest absolute Gasteiger partial charge is 0.376 e. The minimum atomic E-state index is -0.624. The van der Waals surface area contributed by atoms with Crippen LogP contribution in [0.1, 0.15) is 25.0 Å². The smallest absolute Gasteiger partial charge is 0.213 e. The molecule has 5 heteroatoms. The Hall–Kier alpha value is -1.13. The number of rotatable bonds is 5. The molecule has 0 unspecified atom stereocenters. The fourth-order valence-electron chi connectivity index (χ4n) is 1.44. The van der Waals surface area contributed by atoms with Crippen LogP contribution in [0.25, 0.3) is 0 Å². The summed E-state index contributed by atoms with van der Waals surface area (Å²) < 4.78 is 5.25. The molecule has 88 valence electrons. The standard InChI is InChI=1S/C11H14ClNO3/c1-8(13(14)15)7-11(16-2)9-3-5-10(12)6-4-9/h3-6,8,11H,7H2,1-2H3/t8-,11-/m0/s1. The molecule has 0 aliphatic heterocycles. The van der Waals surface area contributed by atoms with Crippen molar-refractivity contribution in [2.75, 3.05) is 7.11 Å². The summed E-state index contributed by atoms with van der Waals surface area (Å²) in [5.74, 6) is 0. The van der Waals surface area contributed by atoms with Gasteiger partial charge in [-0.25, -0.2) is 0 Å². The predicted molar refractivity (Wildman–Crippen MR) is 62.3 cm³/mol. The molecular weight excluding hydrogens is 230 g/mol. The Kier molecular flexibility index (Phi) is 4.71. The number of methoxy groups -OCH3 is 1. The zero-order valence-electron chi connectivity index (χ0n) is 9.22. The van der Waals surface area contributed by atoms with Gasteiger partial charge in [0.15, 0.2) is 0 Å². The highest BCUT2D eigenvalue weighted by molar-refractivity contribution is 6.30. The third kappa shape index (κ3) is 3.47. The Labute approximate surface area is 99.3 Å². The molecule has 0 bridgehead atoms. The fourth-order valence-corrected chi connectivity index (χ4v) is 1.57. The van der Waals surface area contributed by atoms with Crippen LogP contribution in [-0.2, 0) is 4.74 Å². The van der Waals surface area contributed by atoms with Gasteiger partial charge in [-0.05, 0) is 17.7 Å². The maximum Gasteiger partial charge on any atom is 0.213 e. The average Bonchev–Trinajstić information content (AvgIpc) is 2.26. The Morgan fingerprint density at radius 3 is 2.44 bits per heavy atom. The normalized spacial score (nSPS) is 14.4. The molecule has 0 aromatic heterocycles. The van der Waals surface area contributed by atoms with Crippen LogP contribution >= 0.6 is 11.6 Å². The van der Waals surface area contributed by atoms with Crippen molar-refractivity contribution >= 4 is 11.6 Å². The van der Waals surface area contributed by atoms with Crippen LogP contribution in [0.2, 0.25) is 5.02 Å². The number of nitro groups is 1. The summed E-state index contributed by atoms with van der Waals surface area (Å²) in [6.07, 6.45) is 0.0863. The van der Waals surface area contributed by atoms with Gasteiger partial charge in [0.2, 0.25) is 6.04 Å². The molecule has 1 rings (SSSR count). The molecule has 0 spiro atoms. The highest BCUT2D eigenvalue weighted by atomic mass is 35.5. The monoisotopic (exact) mass is 243 g/mol. The molecule has 4 nitrogen and oxygen atoms in total. The number of nitrogens with zero attached hydrogens (tertiary/aromatic N) is 1. The SMILES string of the molecule is CO[C@@H](C[C@H](C)[N+](=O)[O-])c1ccc(Cl)cc1. The summed E-state index contributed by atoms with van der Waals surface area (Å²) >= 11 is 5.77. The van der Waals surface area contributed by atoms with E-state index in [2.05, 4.69) is 0 Å². The van der Waals surface area contributed by atoms with E-state index < -0.39 is 6.04 Å². The molecule has 16 heavy (non-hydrogen) atoms. The molecule has 0 radical (unpaired) electrons. The number of hydrogen-bond donors (Lipinski definition) is 0. The van der Waals surface area contributed by atoms with Crippen molar-refractivity contribution in [3.63, 3.8) is 0 Å². The molecule has 0 aliphatic carbocycles. The van der Waals surface area contributed by atoms with E-state index in [-0.39, 0.29) is 11.0 Å². The van der Waals surface area contributed by atoms with E-state index in [1.165, 1.54) is 0 Å². The van der Waals surface area contributed by atoms with Gasteiger partial charge in [0, 0.05) is 30.4 Å². The van der Waals surface area contributed by atoms with E-state index in [1.807, 2.05) is 12.1 Å². The van der Waals surface area contributed by atoms with Crippen molar-refractivity contribution < 1.29 is 9.66 Å². The second kappa shape index (κ2) is 5.82. The Bertz CT molecular complexity index is 353. The van der Waals surface area contributed by atoms with E-state index in [0.717, 1.165) is 5.56 Å². The van der Waals surface area contributed by atoms with Crippen LogP contribution in [0.4, 0.5) is 0 Å². The first-order valence-electron chi connectivity index (χ1n) is 4.96. The van der Waals surface area contributed by atoms with Gasteiger partial charge >= 0.3 is 0 Å². The van der Waals surface area contributed by atoms with Gasteiger partial charge in [0.25, 0.3) is 0 Å². The zero-order chi connectivity index (χ0) is 12.1. The molecule has 2 atom stereocenters. The van der Waals surface area contributed by atoms with Crippen LogP contribution in [0.5, 0.6) is 0 Å². The van der Waals surface area contributed by atoms with Crippen molar-refractivity contribution in [1.29, 1.82) is 0 Å². The topological polar surface area (TPSA) is 52.4 Å². The van der Waals surface area contributed by atoms with Gasteiger partial charge in [-0.3, -0.25) is 10.1 Å². The van der Waals surface area contributed by atoms with Gasteiger partial charge in [0.1, 0.15) is 0 Å². The summed E-state index contributed by atoms with van der Waals surface area (Å²) in [5, 5.41) is 11.2. The van der Waals surface area contributed by atoms with Gasteiger partial charge in [-0.15, -0.1) is 0 Å². The van der Waals surface area contributed by atoms with E-state index in [1.54, 1.807) is 26.2 Å². The second-order valence-electron chi connectivity index (χ2n) is 3.65. The predicted octanol–water partition coefficient (Wildman–Crippen LogP) is 3.08. The summed E-state index contributed by atoms with van der Waals surface area (Å²) in [5.41, 5.74) is 0.903. The molecule has 0 fully saturated rings. The lowest BCUT2D eigenvalue weighted by atomic mass is 10.0. The molecule has 0 N–H and O–H groups in total. The lowest BCUT2D eigenvalue weighted by Gasteiger charge is -2.16. The minimum Gasteiger partial charge on any atom is -0.376 e. The maximum absolute atomic E-state index is 10.6. The number of benzene rings is 1. The first-order valence-corrected chi connectivity index (χ1v) is 5.34. The third-order valence-electron chi connectivity index (χ3n) is 2.44. The fraction of sp³-hybridized carbons (Fsp3) is 0.455. The van der Waals surface area contributed by atoms with Crippen molar-refractivity contribution in [2.45, 2.75) is 25.5 Å². The molecule has 0 aliphatic rings. The summed E-state index contributed by atoms with van der Waals surface area (Å²) in [7, 11) is 1.55. The Balaban J connectivity index is 2.74. The molecule has 1 aromatic carbocycles. The van der Waals surface area contributed by atoms with Crippen molar-refractivity contribution in [2.24, 2.45) is 0 Å². The van der Waals surface area contributed by atoms with Crippen molar-refractivity contribution in [3.05, 3.63) is 45.0 Å². The van der Waals surface area contributed by atoms with Crippen LogP contribution in [-0.4, -0.2) is 18.1 Å². The molecule has 0 saturated heterocycles. The molecule has 0 amide bonds. The van der Waals surface area contributed by atoms with Gasteiger partial charge in [-0.2, -0.15) is 0 Å². The minimum absolute atomic E-state index is 0.266. The van der Waals surface area contributed by atoms with Gasteiger partial charge in [0.05, 0.1) is 6.10 Å². The zero-order valence-corrected chi connectivity index (χ0v) is 9.98. The average molecular weight is 244 g/mol. The number of halogens is 1. The highest BCUT2D eigenvalue weighted by Crippen LogP contribution is 2.24. The number of ether oxygens (including phenoxy) is 1. The molecule has 0 saturated carbocycles. The first-order chi connectivity index (χ1) is 7.54. The molecule has 1 aromatic rings. The summed E-state index contributed by atoms with van der Waals surface area (Å²) in [6.45, 7) is 1.57. The van der Waals surface area contributed by atoms with Crippen LogP contribution in [0.3, 0.4) is 0 Å². The van der Waals surface area contributed by atoms with Gasteiger partial charge in [-0.1, -0.05) is 23.7 Å². The highest BCUT2D eigenvalue weighted by Gasteiger charge is 2.21. The lowest BCUT2D eigenvalue weighted by Crippen LogP contribution is -2.19. The Morgan fingerprint density at radius 2 is 2.00 bits per heavy atom. The maximum atomic E-state index is 10.6. The second-order valence-corrected chi connectivity index (χ2v) is 4.08. The van der Waals surface area contributed by atoms with Crippen molar-refractivity contribution in [1.82, 2.24) is 0 Å². The van der Waals surface area contributed by atoms with Gasteiger partial charge < -0.3 is 4.74 Å². The van der Waals surface area contributed by atoms with E-state index in [0.29, 0.717) is 11.4 Å². The van der Waals surface area contributed by atoms with Crippen LogP contribution in [0.15, 0.2) is 24.3 Å². The van der Waals surface area contributed by atoms with Crippen LogP contribution in [0, 0.1) is 10.1 Å². The Morgan fingerprint density at radius 1 is 1.44 bits per heavy atom. The first kappa shape index (κ1) is 12.9.